The molecule has 1 saturated heterocycles. The van der Waals surface area contributed by atoms with E-state index in [0.29, 0.717) is 5.82 Å². The molecule has 1 fully saturated rings. The highest BCUT2D eigenvalue weighted by Crippen LogP contribution is 2.40. The lowest BCUT2D eigenvalue weighted by atomic mass is 10.2. The number of aryl methyl sites for hydroxylation is 1. The van der Waals surface area contributed by atoms with Gasteiger partial charge in [-0.15, -0.1) is 0 Å². The van der Waals surface area contributed by atoms with Gasteiger partial charge in [0.1, 0.15) is 12.6 Å². The minimum absolute atomic E-state index is 0.0451. The molecule has 0 N–H and O–H groups in total. The zero-order chi connectivity index (χ0) is 15.0. The Bertz CT molecular complexity index is 640. The molecule has 0 radical (unpaired) electrons. The van der Waals surface area contributed by atoms with Crippen LogP contribution in [0.25, 0.3) is 0 Å². The maximum Gasteiger partial charge on any atom is 0.267 e. The summed E-state index contributed by atoms with van der Waals surface area (Å²) in [6.45, 7) is 0.893. The van der Waals surface area contributed by atoms with Crippen molar-refractivity contribution in [1.29, 1.82) is 0 Å². The van der Waals surface area contributed by atoms with E-state index < -0.39 is 30.8 Å². The molecule has 0 aromatic carbocycles. The first-order valence-electron chi connectivity index (χ1n) is 6.38. The molecular formula is C12H13F2N5O2. The zero-order valence-electron chi connectivity index (χ0n) is 11.2. The summed E-state index contributed by atoms with van der Waals surface area (Å²) in [4.78, 5) is 21.1. The number of amides is 1. The Labute approximate surface area is 118 Å². The molecule has 1 amide bonds. The summed E-state index contributed by atoms with van der Waals surface area (Å²) in [6.07, 6.45) is 4.06. The van der Waals surface area contributed by atoms with Crippen LogP contribution in [-0.4, -0.2) is 43.0 Å². The van der Waals surface area contributed by atoms with Gasteiger partial charge >= 0.3 is 0 Å². The molecule has 2 aromatic heterocycles. The van der Waals surface area contributed by atoms with Crippen molar-refractivity contribution >= 4 is 5.91 Å². The molecule has 0 aliphatic carbocycles. The van der Waals surface area contributed by atoms with Gasteiger partial charge in [-0.2, -0.15) is 4.98 Å². The van der Waals surface area contributed by atoms with Gasteiger partial charge in [0.25, 0.3) is 5.92 Å². The van der Waals surface area contributed by atoms with E-state index in [9.17, 15) is 13.6 Å². The lowest BCUT2D eigenvalue weighted by molar-refractivity contribution is -0.134. The van der Waals surface area contributed by atoms with E-state index in [4.69, 9.17) is 4.52 Å². The fraction of sp³-hybridized carbons (Fsp3) is 0.500. The normalized spacial score (nSPS) is 20.9. The Balaban J connectivity index is 1.82. The van der Waals surface area contributed by atoms with Gasteiger partial charge in [0.15, 0.2) is 5.82 Å². The van der Waals surface area contributed by atoms with Gasteiger partial charge in [-0.25, -0.2) is 13.8 Å². The predicted molar refractivity (Wildman–Crippen MR) is 65.3 cm³/mol. The van der Waals surface area contributed by atoms with Gasteiger partial charge in [0.2, 0.25) is 11.8 Å². The molecule has 3 heterocycles. The number of imidazole rings is 1. The van der Waals surface area contributed by atoms with Crippen LogP contribution in [0.5, 0.6) is 0 Å². The molecule has 3 rings (SSSR count). The van der Waals surface area contributed by atoms with Crippen LogP contribution in [0, 0.1) is 6.92 Å². The molecule has 2 aromatic rings. The van der Waals surface area contributed by atoms with E-state index >= 15 is 0 Å². The van der Waals surface area contributed by atoms with Crippen molar-refractivity contribution < 1.29 is 18.1 Å². The number of carbonyl (C=O) groups excluding carboxylic acids is 1. The largest absolute Gasteiger partial charge is 0.337 e. The van der Waals surface area contributed by atoms with E-state index in [0.717, 1.165) is 4.90 Å². The minimum atomic E-state index is -2.96. The SMILES string of the molecule is Cc1noc([C@@H]2CC(F)(F)CN2C(=O)Cn2ccnc2)n1. The quantitative estimate of drug-likeness (QED) is 0.850. The van der Waals surface area contributed by atoms with Crippen LogP contribution in [0.1, 0.15) is 24.2 Å². The molecule has 7 nitrogen and oxygen atoms in total. The van der Waals surface area contributed by atoms with Crippen molar-refractivity contribution in [2.45, 2.75) is 31.9 Å². The number of likely N-dealkylation sites (tertiary alicyclic amines) is 1. The molecule has 0 bridgehead atoms. The molecule has 21 heavy (non-hydrogen) atoms. The molecule has 9 heteroatoms. The summed E-state index contributed by atoms with van der Waals surface area (Å²) >= 11 is 0. The summed E-state index contributed by atoms with van der Waals surface area (Å²) in [6, 6.07) is -0.891. The van der Waals surface area contributed by atoms with Gasteiger partial charge in [-0.1, -0.05) is 5.16 Å². The molecule has 1 aliphatic heterocycles. The standard InChI is InChI=1S/C12H13F2N5O2/c1-8-16-11(21-17-8)9-4-12(13,14)6-19(9)10(20)5-18-3-2-15-7-18/h2-3,7,9H,4-6H2,1H3/t9-/m0/s1. The summed E-state index contributed by atoms with van der Waals surface area (Å²) in [5.74, 6) is -3.01. The number of aromatic nitrogens is 4. The van der Waals surface area contributed by atoms with Crippen LogP contribution in [0.3, 0.4) is 0 Å². The average molecular weight is 297 g/mol. The van der Waals surface area contributed by atoms with E-state index in [1.807, 2.05) is 0 Å². The van der Waals surface area contributed by atoms with Crippen molar-refractivity contribution in [3.63, 3.8) is 0 Å². The Morgan fingerprint density at radius 3 is 3.00 bits per heavy atom. The highest BCUT2D eigenvalue weighted by Gasteiger charge is 2.49. The number of halogens is 2. The van der Waals surface area contributed by atoms with Crippen LogP contribution >= 0.6 is 0 Å². The topological polar surface area (TPSA) is 77.0 Å². The number of alkyl halides is 2. The first kappa shape index (κ1) is 13.7. The number of carbonyl (C=O) groups is 1. The molecule has 0 saturated carbocycles. The van der Waals surface area contributed by atoms with E-state index in [2.05, 4.69) is 15.1 Å². The van der Waals surface area contributed by atoms with E-state index in [-0.39, 0.29) is 12.4 Å². The van der Waals surface area contributed by atoms with E-state index in [1.54, 1.807) is 13.1 Å². The van der Waals surface area contributed by atoms with Crippen molar-refractivity contribution in [1.82, 2.24) is 24.6 Å². The van der Waals surface area contributed by atoms with Crippen molar-refractivity contribution in [2.24, 2.45) is 0 Å². The van der Waals surface area contributed by atoms with Crippen LogP contribution in [0.4, 0.5) is 8.78 Å². The van der Waals surface area contributed by atoms with Crippen LogP contribution in [0.15, 0.2) is 23.2 Å². The molecular weight excluding hydrogens is 284 g/mol. The number of nitrogens with zero attached hydrogens (tertiary/aromatic N) is 5. The number of hydrogen-bond donors (Lipinski definition) is 0. The van der Waals surface area contributed by atoms with Crippen LogP contribution in [0.2, 0.25) is 0 Å². The van der Waals surface area contributed by atoms with Gasteiger partial charge in [0.05, 0.1) is 12.9 Å². The second kappa shape index (κ2) is 4.90. The smallest absolute Gasteiger partial charge is 0.267 e. The molecule has 112 valence electrons. The maximum atomic E-state index is 13.7. The molecule has 1 atom stereocenters. The third kappa shape index (κ3) is 2.76. The van der Waals surface area contributed by atoms with Crippen molar-refractivity contribution in [3.8, 4) is 0 Å². The summed E-state index contributed by atoms with van der Waals surface area (Å²) in [5, 5.41) is 3.59. The summed E-state index contributed by atoms with van der Waals surface area (Å²) in [7, 11) is 0. The molecule has 1 aliphatic rings. The van der Waals surface area contributed by atoms with Gasteiger partial charge in [-0.3, -0.25) is 4.79 Å². The molecule has 0 unspecified atom stereocenters. The predicted octanol–water partition coefficient (Wildman–Crippen LogP) is 1.18. The summed E-state index contributed by atoms with van der Waals surface area (Å²) < 4.78 is 33.8. The van der Waals surface area contributed by atoms with Crippen molar-refractivity contribution in [2.75, 3.05) is 6.54 Å². The monoisotopic (exact) mass is 297 g/mol. The van der Waals surface area contributed by atoms with Crippen molar-refractivity contribution in [3.05, 3.63) is 30.4 Å². The highest BCUT2D eigenvalue weighted by atomic mass is 19.3. The van der Waals surface area contributed by atoms with Gasteiger partial charge < -0.3 is 14.0 Å². The second-order valence-electron chi connectivity index (χ2n) is 5.01. The Morgan fingerprint density at radius 2 is 2.38 bits per heavy atom. The fourth-order valence-electron chi connectivity index (χ4n) is 2.38. The first-order valence-corrected chi connectivity index (χ1v) is 6.38. The Morgan fingerprint density at radius 1 is 1.57 bits per heavy atom. The van der Waals surface area contributed by atoms with Gasteiger partial charge in [-0.05, 0) is 6.92 Å². The third-order valence-corrected chi connectivity index (χ3v) is 3.30. The molecule has 0 spiro atoms. The maximum absolute atomic E-state index is 13.7. The van der Waals surface area contributed by atoms with Gasteiger partial charge in [0, 0.05) is 18.8 Å². The number of hydrogen-bond acceptors (Lipinski definition) is 5. The average Bonchev–Trinajstić information content (AvgIpc) is 3.09. The lowest BCUT2D eigenvalue weighted by Gasteiger charge is -2.21. The highest BCUT2D eigenvalue weighted by molar-refractivity contribution is 5.77. The minimum Gasteiger partial charge on any atom is -0.337 e. The Hall–Kier alpha value is -2.32. The van der Waals surface area contributed by atoms with Crippen LogP contribution in [-0.2, 0) is 11.3 Å². The lowest BCUT2D eigenvalue weighted by Crippen LogP contribution is -2.35. The fourth-order valence-corrected chi connectivity index (χ4v) is 2.38. The first-order chi connectivity index (χ1) is 9.94. The second-order valence-corrected chi connectivity index (χ2v) is 5.01. The third-order valence-electron chi connectivity index (χ3n) is 3.30. The van der Waals surface area contributed by atoms with E-state index in [1.165, 1.54) is 17.1 Å². The zero-order valence-corrected chi connectivity index (χ0v) is 11.2. The Kier molecular flexibility index (Phi) is 3.19. The van der Waals surface area contributed by atoms with Crippen LogP contribution < -0.4 is 0 Å². The number of rotatable bonds is 3. The summed E-state index contributed by atoms with van der Waals surface area (Å²) in [5.41, 5.74) is 0.